The van der Waals surface area contributed by atoms with Crippen molar-refractivity contribution < 1.29 is 19.1 Å². The van der Waals surface area contributed by atoms with E-state index in [0.29, 0.717) is 0 Å². The molecule has 3 amide bonds. The molecule has 7 heteroatoms. The molecule has 0 heterocycles. The number of amides is 3. The summed E-state index contributed by atoms with van der Waals surface area (Å²) in [5, 5.41) is 5.75. The van der Waals surface area contributed by atoms with E-state index in [4.69, 9.17) is 4.74 Å². The van der Waals surface area contributed by atoms with Crippen LogP contribution >= 0.6 is 0 Å². The minimum atomic E-state index is -0.834. The SMILES string of the molecule is CCCC(C)NC(=O)C(c1cc(C)cc(C)c1)N(C)C(=O)C(NC(=O)OC(C)(C)C)C(C)C. The molecule has 0 saturated carbocycles. The van der Waals surface area contributed by atoms with Crippen LogP contribution in [0.1, 0.15) is 84.0 Å². The highest BCUT2D eigenvalue weighted by Gasteiger charge is 2.35. The molecule has 3 unspecified atom stereocenters. The molecule has 1 aromatic rings. The lowest BCUT2D eigenvalue weighted by Gasteiger charge is -2.33. The molecule has 1 aromatic carbocycles. The van der Waals surface area contributed by atoms with E-state index < -0.39 is 23.8 Å². The van der Waals surface area contributed by atoms with E-state index in [2.05, 4.69) is 17.6 Å². The molecule has 0 spiro atoms. The van der Waals surface area contributed by atoms with Crippen LogP contribution in [0.4, 0.5) is 4.79 Å². The maximum atomic E-state index is 13.6. The second-order valence-electron chi connectivity index (χ2n) is 10.3. The number of nitrogens with one attached hydrogen (secondary N) is 2. The molecule has 1 rings (SSSR count). The summed E-state index contributed by atoms with van der Waals surface area (Å²) in [5.74, 6) is -0.788. The number of ether oxygens (including phenoxy) is 1. The molecule has 2 N–H and O–H groups in total. The lowest BCUT2D eigenvalue weighted by Crippen LogP contribution is -2.54. The van der Waals surface area contributed by atoms with Crippen LogP contribution in [0.25, 0.3) is 0 Å². The number of nitrogens with zero attached hydrogens (tertiary/aromatic N) is 1. The number of hydrogen-bond acceptors (Lipinski definition) is 4. The van der Waals surface area contributed by atoms with Crippen molar-refractivity contribution in [3.63, 3.8) is 0 Å². The van der Waals surface area contributed by atoms with Gasteiger partial charge < -0.3 is 20.3 Å². The quantitative estimate of drug-likeness (QED) is 0.560. The summed E-state index contributed by atoms with van der Waals surface area (Å²) in [6, 6.07) is 4.21. The normalized spacial score (nSPS) is 14.3. The van der Waals surface area contributed by atoms with Gasteiger partial charge in [-0.15, -0.1) is 0 Å². The van der Waals surface area contributed by atoms with Crippen LogP contribution in [0.15, 0.2) is 18.2 Å². The van der Waals surface area contributed by atoms with Crippen molar-refractivity contribution in [1.82, 2.24) is 15.5 Å². The molecular weight excluding hydrogens is 418 g/mol. The smallest absolute Gasteiger partial charge is 0.408 e. The van der Waals surface area contributed by atoms with Crippen molar-refractivity contribution in [3.8, 4) is 0 Å². The summed E-state index contributed by atoms with van der Waals surface area (Å²) < 4.78 is 5.35. The van der Waals surface area contributed by atoms with Crippen LogP contribution in [0.2, 0.25) is 0 Å². The Bertz CT molecular complexity index is 809. The summed E-state index contributed by atoms with van der Waals surface area (Å²) in [6.07, 6.45) is 1.13. The summed E-state index contributed by atoms with van der Waals surface area (Å²) in [4.78, 5) is 40.8. The molecule has 0 aliphatic rings. The number of aryl methyl sites for hydroxylation is 2. The van der Waals surface area contributed by atoms with Crippen molar-refractivity contribution in [2.45, 2.75) is 98.9 Å². The molecule has 186 valence electrons. The zero-order valence-corrected chi connectivity index (χ0v) is 22.0. The van der Waals surface area contributed by atoms with Gasteiger partial charge in [0.2, 0.25) is 11.8 Å². The van der Waals surface area contributed by atoms with Gasteiger partial charge >= 0.3 is 6.09 Å². The average Bonchev–Trinajstić information content (AvgIpc) is 2.63. The molecule has 3 atom stereocenters. The summed E-state index contributed by atoms with van der Waals surface area (Å²) >= 11 is 0. The molecule has 7 nitrogen and oxygen atoms in total. The third-order valence-corrected chi connectivity index (χ3v) is 5.26. The minimum absolute atomic E-state index is 0.0137. The molecule has 0 aromatic heterocycles. The Kier molecular flexibility index (Phi) is 10.4. The van der Waals surface area contributed by atoms with E-state index in [-0.39, 0.29) is 23.8 Å². The zero-order valence-electron chi connectivity index (χ0n) is 22.0. The second-order valence-corrected chi connectivity index (χ2v) is 10.3. The monoisotopic (exact) mass is 461 g/mol. The van der Waals surface area contributed by atoms with Gasteiger partial charge in [0.15, 0.2) is 0 Å². The van der Waals surface area contributed by atoms with Crippen molar-refractivity contribution in [2.75, 3.05) is 7.05 Å². The number of benzene rings is 1. The van der Waals surface area contributed by atoms with Crippen LogP contribution in [0.3, 0.4) is 0 Å². The highest BCUT2D eigenvalue weighted by Crippen LogP contribution is 2.25. The topological polar surface area (TPSA) is 87.7 Å². The maximum Gasteiger partial charge on any atom is 0.408 e. The van der Waals surface area contributed by atoms with E-state index in [1.165, 1.54) is 4.90 Å². The Morgan fingerprint density at radius 1 is 1.00 bits per heavy atom. The number of rotatable bonds is 9. The van der Waals surface area contributed by atoms with Gasteiger partial charge in [0.25, 0.3) is 0 Å². The summed E-state index contributed by atoms with van der Waals surface area (Å²) in [6.45, 7) is 17.0. The Hall–Kier alpha value is -2.57. The first-order chi connectivity index (χ1) is 15.2. The van der Waals surface area contributed by atoms with E-state index in [0.717, 1.165) is 29.5 Å². The van der Waals surface area contributed by atoms with Crippen molar-refractivity contribution in [2.24, 2.45) is 5.92 Å². The third-order valence-electron chi connectivity index (χ3n) is 5.26. The van der Waals surface area contributed by atoms with Gasteiger partial charge in [0.1, 0.15) is 17.7 Å². The van der Waals surface area contributed by atoms with E-state index in [1.807, 2.05) is 52.8 Å². The fraction of sp³-hybridized carbons (Fsp3) is 0.654. The Morgan fingerprint density at radius 2 is 1.55 bits per heavy atom. The predicted octanol–water partition coefficient (Wildman–Crippen LogP) is 4.66. The molecule has 0 aliphatic heterocycles. The third kappa shape index (κ3) is 9.06. The van der Waals surface area contributed by atoms with Gasteiger partial charge in [-0.2, -0.15) is 0 Å². The lowest BCUT2D eigenvalue weighted by atomic mass is 9.97. The van der Waals surface area contributed by atoms with Gasteiger partial charge in [0.05, 0.1) is 0 Å². The Balaban J connectivity index is 3.30. The van der Waals surface area contributed by atoms with E-state index >= 15 is 0 Å². The molecular formula is C26H43N3O4. The largest absolute Gasteiger partial charge is 0.444 e. The van der Waals surface area contributed by atoms with Gasteiger partial charge in [-0.05, 0) is 59.4 Å². The molecule has 0 saturated heterocycles. The number of carbonyl (C=O) groups is 3. The van der Waals surface area contributed by atoms with Gasteiger partial charge in [0, 0.05) is 13.1 Å². The van der Waals surface area contributed by atoms with Crippen LogP contribution < -0.4 is 10.6 Å². The first-order valence-corrected chi connectivity index (χ1v) is 11.8. The van der Waals surface area contributed by atoms with Gasteiger partial charge in [-0.3, -0.25) is 9.59 Å². The van der Waals surface area contributed by atoms with Crippen LogP contribution in [0.5, 0.6) is 0 Å². The van der Waals surface area contributed by atoms with E-state index in [9.17, 15) is 14.4 Å². The second kappa shape index (κ2) is 12.1. The molecule has 0 fully saturated rings. The number of alkyl carbamates (subject to hydrolysis) is 1. The number of carbonyl (C=O) groups excluding carboxylic acids is 3. The molecule has 33 heavy (non-hydrogen) atoms. The lowest BCUT2D eigenvalue weighted by molar-refractivity contribution is -0.141. The zero-order chi connectivity index (χ0) is 25.5. The van der Waals surface area contributed by atoms with Crippen LogP contribution in [0, 0.1) is 19.8 Å². The Morgan fingerprint density at radius 3 is 2.00 bits per heavy atom. The van der Waals surface area contributed by atoms with Gasteiger partial charge in [-0.25, -0.2) is 4.79 Å². The highest BCUT2D eigenvalue weighted by atomic mass is 16.6. The van der Waals surface area contributed by atoms with Crippen LogP contribution in [-0.2, 0) is 14.3 Å². The minimum Gasteiger partial charge on any atom is -0.444 e. The molecule has 0 aliphatic carbocycles. The van der Waals surface area contributed by atoms with Gasteiger partial charge in [-0.1, -0.05) is 56.5 Å². The highest BCUT2D eigenvalue weighted by molar-refractivity contribution is 5.92. The predicted molar refractivity (Wildman–Crippen MR) is 132 cm³/mol. The first-order valence-electron chi connectivity index (χ1n) is 11.8. The maximum absolute atomic E-state index is 13.6. The number of likely N-dealkylation sites (N-methyl/N-ethyl adjacent to an activating group) is 1. The van der Waals surface area contributed by atoms with Crippen LogP contribution in [-0.4, -0.2) is 47.5 Å². The van der Waals surface area contributed by atoms with E-state index in [1.54, 1.807) is 27.8 Å². The standard InChI is InChI=1S/C26H43N3O4/c1-11-12-19(6)27-23(30)22(20-14-17(4)13-18(5)15-20)29(10)24(31)21(16(2)3)28-25(32)33-26(7,8)9/h13-16,19,21-22H,11-12H2,1-10H3,(H,27,30)(H,28,32). The molecule has 0 bridgehead atoms. The first kappa shape index (κ1) is 28.5. The fourth-order valence-corrected chi connectivity index (χ4v) is 3.84. The average molecular weight is 462 g/mol. The fourth-order valence-electron chi connectivity index (χ4n) is 3.84. The summed E-state index contributed by atoms with van der Waals surface area (Å²) in [5.41, 5.74) is 2.08. The van der Waals surface area contributed by atoms with Crippen molar-refractivity contribution in [3.05, 3.63) is 34.9 Å². The number of hydrogen-bond donors (Lipinski definition) is 2. The van der Waals surface area contributed by atoms with Crippen molar-refractivity contribution >= 4 is 17.9 Å². The van der Waals surface area contributed by atoms with Crippen molar-refractivity contribution in [1.29, 1.82) is 0 Å². The molecule has 0 radical (unpaired) electrons. The Labute approximate surface area is 199 Å². The summed E-state index contributed by atoms with van der Waals surface area (Å²) in [7, 11) is 1.61.